The quantitative estimate of drug-likeness (QED) is 0.311. The van der Waals surface area contributed by atoms with Crippen molar-refractivity contribution in [1.29, 1.82) is 0 Å². The van der Waals surface area contributed by atoms with Crippen molar-refractivity contribution in [3.8, 4) is 0 Å². The lowest BCUT2D eigenvalue weighted by molar-refractivity contribution is -0.145. The Morgan fingerprint density at radius 1 is 1.30 bits per heavy atom. The third-order valence-electron chi connectivity index (χ3n) is 4.19. The van der Waals surface area contributed by atoms with Gasteiger partial charge < -0.3 is 21.1 Å². The second-order valence-electron chi connectivity index (χ2n) is 6.38. The van der Waals surface area contributed by atoms with Crippen LogP contribution >= 0.6 is 7.60 Å². The Bertz CT molecular complexity index is 682. The molecule has 0 bridgehead atoms. The maximum atomic E-state index is 12.6. The normalized spacial score (nSPS) is 15.6. The zero-order chi connectivity index (χ0) is 20.4. The molecule has 0 spiro atoms. The van der Waals surface area contributed by atoms with Gasteiger partial charge in [-0.25, -0.2) is 4.79 Å². The van der Waals surface area contributed by atoms with Gasteiger partial charge in [-0.15, -0.1) is 0 Å². The molecule has 5 N–H and O–H groups in total. The van der Waals surface area contributed by atoms with E-state index in [0.717, 1.165) is 11.1 Å². The summed E-state index contributed by atoms with van der Waals surface area (Å²) in [6.07, 6.45) is -0.110. The highest BCUT2D eigenvalue weighted by Gasteiger charge is 2.37. The Hall–Kier alpha value is -1.73. The minimum atomic E-state index is -4.38. The molecule has 1 aromatic rings. The van der Waals surface area contributed by atoms with E-state index in [0.29, 0.717) is 19.4 Å². The third-order valence-corrected chi connectivity index (χ3v) is 6.03. The molecule has 0 aliphatic carbocycles. The van der Waals surface area contributed by atoms with Gasteiger partial charge in [0.2, 0.25) is 5.91 Å². The number of benzene rings is 1. The summed E-state index contributed by atoms with van der Waals surface area (Å²) in [5.41, 5.74) is 7.13. The molecule has 1 aromatic carbocycles. The molecule has 1 unspecified atom stereocenters. The van der Waals surface area contributed by atoms with E-state index < -0.39 is 31.4 Å². The van der Waals surface area contributed by atoms with Crippen molar-refractivity contribution in [3.05, 3.63) is 35.4 Å². The molecule has 0 aliphatic heterocycles. The first kappa shape index (κ1) is 23.3. The number of amides is 1. The fraction of sp³-hybridized carbons (Fsp3) is 0.556. The van der Waals surface area contributed by atoms with Gasteiger partial charge in [0.1, 0.15) is 5.78 Å². The summed E-state index contributed by atoms with van der Waals surface area (Å²) in [5, 5.41) is 11.7. The van der Waals surface area contributed by atoms with Crippen LogP contribution in [0.5, 0.6) is 0 Å². The zero-order valence-electron chi connectivity index (χ0n) is 15.8. The first-order valence-corrected chi connectivity index (χ1v) is 10.6. The van der Waals surface area contributed by atoms with E-state index >= 15 is 0 Å². The van der Waals surface area contributed by atoms with Crippen LogP contribution in [0, 0.1) is 6.92 Å². The molecule has 1 rings (SSSR count). The number of rotatable bonds is 12. The highest BCUT2D eigenvalue weighted by atomic mass is 31.2. The number of carboxylic acid groups (broad SMARTS) is 1. The van der Waals surface area contributed by atoms with Crippen LogP contribution in [0.3, 0.4) is 0 Å². The summed E-state index contributed by atoms with van der Waals surface area (Å²) in [7, 11) is -4.38. The van der Waals surface area contributed by atoms with Crippen LogP contribution < -0.4 is 11.1 Å². The molecule has 1 amide bonds. The minimum Gasteiger partial charge on any atom is -0.479 e. The third kappa shape index (κ3) is 7.81. The van der Waals surface area contributed by atoms with Gasteiger partial charge in [0, 0.05) is 0 Å². The Kier molecular flexibility index (Phi) is 9.66. The van der Waals surface area contributed by atoms with Crippen LogP contribution in [-0.2, 0) is 25.1 Å². The summed E-state index contributed by atoms with van der Waals surface area (Å²) in [6, 6.07) is 7.35. The van der Waals surface area contributed by atoms with Gasteiger partial charge in [-0.05, 0) is 50.3 Å². The lowest BCUT2D eigenvalue weighted by Gasteiger charge is -2.25. The lowest BCUT2D eigenvalue weighted by Crippen LogP contribution is -2.37. The Morgan fingerprint density at radius 2 is 1.96 bits per heavy atom. The standard InChI is InChI=1S/C18H29N2O6P/c1-3-17(20-16(21)12-14-9-5-4-8-13(14)2)27(24,25)26-15(18(22)23)10-6-7-11-19/h4-5,8-9,15,17H,3,6-7,10-12,19H2,1-2H3,(H,20,21)(H,22,23)(H,24,25)/t15-,17+/m0/s1. The highest BCUT2D eigenvalue weighted by molar-refractivity contribution is 7.53. The van der Waals surface area contributed by atoms with E-state index in [2.05, 4.69) is 5.32 Å². The van der Waals surface area contributed by atoms with Gasteiger partial charge in [-0.2, -0.15) is 0 Å². The molecule has 0 aliphatic rings. The van der Waals surface area contributed by atoms with Crippen molar-refractivity contribution in [2.75, 3.05) is 6.54 Å². The summed E-state index contributed by atoms with van der Waals surface area (Å²) in [4.78, 5) is 33.8. The zero-order valence-corrected chi connectivity index (χ0v) is 16.7. The monoisotopic (exact) mass is 400 g/mol. The van der Waals surface area contributed by atoms with Crippen LogP contribution in [0.15, 0.2) is 24.3 Å². The molecule has 0 saturated carbocycles. The lowest BCUT2D eigenvalue weighted by atomic mass is 10.1. The van der Waals surface area contributed by atoms with Crippen molar-refractivity contribution in [3.63, 3.8) is 0 Å². The Balaban J connectivity index is 2.76. The van der Waals surface area contributed by atoms with Crippen LogP contribution in [0.25, 0.3) is 0 Å². The van der Waals surface area contributed by atoms with Gasteiger partial charge in [0.25, 0.3) is 0 Å². The SMILES string of the molecule is CC[C@H](NC(=O)Cc1ccccc1C)P(=O)(O)O[C@@H](CCCCN)C(=O)O. The fourth-order valence-electron chi connectivity index (χ4n) is 2.58. The molecule has 0 saturated heterocycles. The van der Waals surface area contributed by atoms with Crippen molar-refractivity contribution in [1.82, 2.24) is 5.32 Å². The average molecular weight is 400 g/mol. The molecule has 0 fully saturated rings. The maximum absolute atomic E-state index is 12.6. The largest absolute Gasteiger partial charge is 0.479 e. The van der Waals surface area contributed by atoms with Crippen LogP contribution in [0.2, 0.25) is 0 Å². The summed E-state index contributed by atoms with van der Waals surface area (Å²) in [5.74, 6) is -2.92. The molecule has 3 atom stereocenters. The van der Waals surface area contributed by atoms with Crippen molar-refractivity contribution in [2.24, 2.45) is 5.73 Å². The summed E-state index contributed by atoms with van der Waals surface area (Å²) >= 11 is 0. The van der Waals surface area contributed by atoms with Crippen LogP contribution in [0.1, 0.15) is 43.7 Å². The molecule has 8 nitrogen and oxygen atoms in total. The smallest absolute Gasteiger partial charge is 0.351 e. The highest BCUT2D eigenvalue weighted by Crippen LogP contribution is 2.49. The summed E-state index contributed by atoms with van der Waals surface area (Å²) in [6.45, 7) is 3.89. The van der Waals surface area contributed by atoms with Crippen molar-refractivity contribution in [2.45, 2.75) is 57.8 Å². The van der Waals surface area contributed by atoms with Gasteiger partial charge in [-0.3, -0.25) is 13.9 Å². The second-order valence-corrected chi connectivity index (χ2v) is 8.34. The topological polar surface area (TPSA) is 139 Å². The van der Waals surface area contributed by atoms with E-state index in [1.165, 1.54) is 0 Å². The predicted molar refractivity (Wildman–Crippen MR) is 102 cm³/mol. The summed E-state index contributed by atoms with van der Waals surface area (Å²) < 4.78 is 17.6. The molecular formula is C18H29N2O6P. The average Bonchev–Trinajstić information content (AvgIpc) is 2.60. The van der Waals surface area contributed by atoms with Gasteiger partial charge in [0.15, 0.2) is 6.10 Å². The number of nitrogens with one attached hydrogen (secondary N) is 1. The van der Waals surface area contributed by atoms with Gasteiger partial charge in [0.05, 0.1) is 6.42 Å². The van der Waals surface area contributed by atoms with Crippen LogP contribution in [0.4, 0.5) is 0 Å². The second kappa shape index (κ2) is 11.2. The van der Waals surface area contributed by atoms with E-state index in [4.69, 9.17) is 10.3 Å². The first-order valence-electron chi connectivity index (χ1n) is 8.98. The van der Waals surface area contributed by atoms with Crippen molar-refractivity contribution < 1.29 is 28.7 Å². The minimum absolute atomic E-state index is 0.0576. The number of carbonyl (C=O) groups excluding carboxylic acids is 1. The van der Waals surface area contributed by atoms with Crippen LogP contribution in [-0.4, -0.2) is 40.3 Å². The number of aliphatic carboxylic acids is 1. The number of hydrogen-bond acceptors (Lipinski definition) is 5. The molecule has 0 aromatic heterocycles. The molecule has 27 heavy (non-hydrogen) atoms. The number of nitrogens with two attached hydrogens (primary N) is 1. The number of unbranched alkanes of at least 4 members (excludes halogenated alkanes) is 1. The molecule has 152 valence electrons. The Morgan fingerprint density at radius 3 is 2.52 bits per heavy atom. The van der Waals surface area contributed by atoms with E-state index in [9.17, 15) is 24.2 Å². The van der Waals surface area contributed by atoms with E-state index in [1.807, 2.05) is 31.2 Å². The molecular weight excluding hydrogens is 371 g/mol. The maximum Gasteiger partial charge on any atom is 0.351 e. The Labute approximate surface area is 159 Å². The molecule has 9 heteroatoms. The molecule has 0 radical (unpaired) electrons. The number of carbonyl (C=O) groups is 2. The fourth-order valence-corrected chi connectivity index (χ4v) is 4.06. The van der Waals surface area contributed by atoms with Gasteiger partial charge >= 0.3 is 13.6 Å². The van der Waals surface area contributed by atoms with Crippen molar-refractivity contribution >= 4 is 19.5 Å². The molecule has 0 heterocycles. The first-order chi connectivity index (χ1) is 12.7. The number of aryl methyl sites for hydroxylation is 1. The number of carboxylic acids is 1. The van der Waals surface area contributed by atoms with E-state index in [1.54, 1.807) is 6.92 Å². The van der Waals surface area contributed by atoms with E-state index in [-0.39, 0.29) is 19.3 Å². The number of hydrogen-bond donors (Lipinski definition) is 4. The predicted octanol–water partition coefficient (Wildman–Crippen LogP) is 2.17. The van der Waals surface area contributed by atoms with Gasteiger partial charge in [-0.1, -0.05) is 31.2 Å².